The molecule has 0 saturated carbocycles. The van der Waals surface area contributed by atoms with E-state index in [1.807, 2.05) is 17.9 Å². The summed E-state index contributed by atoms with van der Waals surface area (Å²) in [5.74, 6) is 1.77. The van der Waals surface area contributed by atoms with Crippen molar-refractivity contribution in [3.05, 3.63) is 65.1 Å². The maximum atomic E-state index is 4.82. The number of aromatic nitrogens is 5. The predicted molar refractivity (Wildman–Crippen MR) is 105 cm³/mol. The Balaban J connectivity index is 1.44. The summed E-state index contributed by atoms with van der Waals surface area (Å²) >= 11 is 0. The first kappa shape index (κ1) is 16.2. The largest absolute Gasteiger partial charge is 0.302 e. The normalized spacial score (nSPS) is 14.6. The van der Waals surface area contributed by atoms with Crippen LogP contribution in [0.1, 0.15) is 22.5 Å². The van der Waals surface area contributed by atoms with Crippen LogP contribution >= 0.6 is 0 Å². The molecule has 4 aromatic rings. The van der Waals surface area contributed by atoms with E-state index in [2.05, 4.69) is 63.6 Å². The van der Waals surface area contributed by atoms with Crippen molar-refractivity contribution in [2.45, 2.75) is 19.4 Å². The molecule has 2 aromatic heterocycles. The molecule has 2 aromatic carbocycles. The first-order valence-corrected chi connectivity index (χ1v) is 9.28. The zero-order valence-corrected chi connectivity index (χ0v) is 15.6. The van der Waals surface area contributed by atoms with Crippen molar-refractivity contribution in [1.29, 1.82) is 0 Å². The Labute approximate surface area is 157 Å². The van der Waals surface area contributed by atoms with Crippen LogP contribution in [-0.2, 0) is 26.4 Å². The van der Waals surface area contributed by atoms with Gasteiger partial charge in [0.1, 0.15) is 5.82 Å². The van der Waals surface area contributed by atoms with Crippen LogP contribution < -0.4 is 0 Å². The molecule has 0 spiro atoms. The van der Waals surface area contributed by atoms with Crippen molar-refractivity contribution in [1.82, 2.24) is 29.9 Å². The molecule has 136 valence electrons. The number of aromatic amines is 1. The topological polar surface area (TPSA) is 62.6 Å². The fourth-order valence-corrected chi connectivity index (χ4v) is 3.81. The molecule has 0 amide bonds. The Kier molecular flexibility index (Phi) is 3.79. The van der Waals surface area contributed by atoms with Crippen molar-refractivity contribution in [2.75, 3.05) is 13.6 Å². The summed E-state index contributed by atoms with van der Waals surface area (Å²) < 4.78 is 1.89. The fourth-order valence-electron chi connectivity index (χ4n) is 3.81. The van der Waals surface area contributed by atoms with Gasteiger partial charge < -0.3 is 4.90 Å². The number of nitrogens with one attached hydrogen (secondary N) is 1. The number of likely N-dealkylation sites (N-methyl/N-ethyl adjacent to an activating group) is 1. The second-order valence-electron chi connectivity index (χ2n) is 7.41. The minimum Gasteiger partial charge on any atom is -0.302 e. The number of rotatable bonds is 3. The lowest BCUT2D eigenvalue weighted by Crippen LogP contribution is -2.26. The van der Waals surface area contributed by atoms with Crippen LogP contribution in [0, 0.1) is 0 Å². The lowest BCUT2D eigenvalue weighted by molar-refractivity contribution is 0.313. The second-order valence-corrected chi connectivity index (χ2v) is 7.41. The molecule has 5 rings (SSSR count). The molecule has 1 aliphatic heterocycles. The lowest BCUT2D eigenvalue weighted by Gasteiger charge is -2.25. The Morgan fingerprint density at radius 3 is 2.93 bits per heavy atom. The van der Waals surface area contributed by atoms with Gasteiger partial charge in [-0.05, 0) is 48.4 Å². The molecule has 0 aliphatic carbocycles. The summed E-state index contributed by atoms with van der Waals surface area (Å²) in [4.78, 5) is 7.18. The molecule has 6 nitrogen and oxygen atoms in total. The van der Waals surface area contributed by atoms with Gasteiger partial charge in [-0.25, -0.2) is 4.98 Å². The van der Waals surface area contributed by atoms with Crippen molar-refractivity contribution in [3.8, 4) is 11.4 Å². The van der Waals surface area contributed by atoms with Crippen molar-refractivity contribution in [2.24, 2.45) is 7.05 Å². The molecular formula is C21H22N6. The van der Waals surface area contributed by atoms with Gasteiger partial charge in [-0.1, -0.05) is 18.2 Å². The summed E-state index contributed by atoms with van der Waals surface area (Å²) in [6.45, 7) is 2.13. The molecule has 0 fully saturated rings. The highest BCUT2D eigenvalue weighted by Crippen LogP contribution is 2.25. The molecule has 1 N–H and O–H groups in total. The van der Waals surface area contributed by atoms with Gasteiger partial charge in [0, 0.05) is 37.5 Å². The van der Waals surface area contributed by atoms with Crippen LogP contribution in [0.25, 0.3) is 22.3 Å². The number of hydrogen-bond donors (Lipinski definition) is 1. The van der Waals surface area contributed by atoms with Crippen LogP contribution in [-0.4, -0.2) is 43.5 Å². The van der Waals surface area contributed by atoms with Gasteiger partial charge in [-0.2, -0.15) is 10.2 Å². The van der Waals surface area contributed by atoms with Gasteiger partial charge in [0.05, 0.1) is 11.7 Å². The van der Waals surface area contributed by atoms with E-state index in [4.69, 9.17) is 4.98 Å². The summed E-state index contributed by atoms with van der Waals surface area (Å²) in [5.41, 5.74) is 6.20. The highest BCUT2D eigenvalue weighted by atomic mass is 15.3. The van der Waals surface area contributed by atoms with Crippen LogP contribution in [0.15, 0.2) is 42.6 Å². The van der Waals surface area contributed by atoms with E-state index in [9.17, 15) is 0 Å². The molecule has 0 saturated heterocycles. The number of benzene rings is 2. The Morgan fingerprint density at radius 1 is 1.07 bits per heavy atom. The van der Waals surface area contributed by atoms with Crippen LogP contribution in [0.3, 0.4) is 0 Å². The lowest BCUT2D eigenvalue weighted by atomic mass is 9.97. The molecule has 0 bridgehead atoms. The quantitative estimate of drug-likeness (QED) is 0.612. The van der Waals surface area contributed by atoms with E-state index in [0.717, 1.165) is 54.0 Å². The molecule has 0 unspecified atom stereocenters. The SMILES string of the molecule is CN1CCc2cc(-c3nc(Cc4ccc5[nH]ncc5c4)n(C)n3)ccc2C1. The highest BCUT2D eigenvalue weighted by molar-refractivity contribution is 5.78. The molecule has 1 aliphatic rings. The Morgan fingerprint density at radius 2 is 2.00 bits per heavy atom. The van der Waals surface area contributed by atoms with Gasteiger partial charge in [0.25, 0.3) is 0 Å². The van der Waals surface area contributed by atoms with Crippen molar-refractivity contribution >= 4 is 10.9 Å². The first-order valence-electron chi connectivity index (χ1n) is 9.28. The molecule has 3 heterocycles. The Bertz CT molecular complexity index is 1120. The monoisotopic (exact) mass is 358 g/mol. The number of hydrogen-bond acceptors (Lipinski definition) is 4. The molecule has 0 atom stereocenters. The van der Waals surface area contributed by atoms with Gasteiger partial charge in [0.15, 0.2) is 5.82 Å². The van der Waals surface area contributed by atoms with Gasteiger partial charge in [-0.15, -0.1) is 0 Å². The van der Waals surface area contributed by atoms with Crippen molar-refractivity contribution < 1.29 is 0 Å². The minimum absolute atomic E-state index is 0.750. The summed E-state index contributed by atoms with van der Waals surface area (Å²) in [6, 6.07) is 13.0. The molecule has 27 heavy (non-hydrogen) atoms. The van der Waals surface area contributed by atoms with Crippen LogP contribution in [0.4, 0.5) is 0 Å². The third-order valence-electron chi connectivity index (χ3n) is 5.39. The van der Waals surface area contributed by atoms with E-state index in [0.29, 0.717) is 0 Å². The predicted octanol–water partition coefficient (Wildman–Crippen LogP) is 2.94. The third kappa shape index (κ3) is 3.02. The maximum Gasteiger partial charge on any atom is 0.181 e. The maximum absolute atomic E-state index is 4.82. The number of nitrogens with zero attached hydrogens (tertiary/aromatic N) is 5. The number of aryl methyl sites for hydroxylation is 1. The highest BCUT2D eigenvalue weighted by Gasteiger charge is 2.16. The number of H-pyrrole nitrogens is 1. The number of fused-ring (bicyclic) bond motifs is 2. The van der Waals surface area contributed by atoms with Gasteiger partial charge in [0.2, 0.25) is 0 Å². The summed E-state index contributed by atoms with van der Waals surface area (Å²) in [5, 5.41) is 12.9. The van der Waals surface area contributed by atoms with E-state index in [1.165, 1.54) is 16.7 Å². The van der Waals surface area contributed by atoms with E-state index >= 15 is 0 Å². The smallest absolute Gasteiger partial charge is 0.181 e. The van der Waals surface area contributed by atoms with E-state index in [-0.39, 0.29) is 0 Å². The zero-order chi connectivity index (χ0) is 18.4. The average Bonchev–Trinajstić information content (AvgIpc) is 3.28. The summed E-state index contributed by atoms with van der Waals surface area (Å²) in [7, 11) is 4.14. The fraction of sp³-hybridized carbons (Fsp3) is 0.286. The summed E-state index contributed by atoms with van der Waals surface area (Å²) in [6.07, 6.45) is 3.69. The van der Waals surface area contributed by atoms with E-state index < -0.39 is 0 Å². The third-order valence-corrected chi connectivity index (χ3v) is 5.39. The standard InChI is InChI=1S/C21H22N6/c1-26-8-7-15-11-16(4-5-17(15)13-26)21-23-20(27(2)25-21)10-14-3-6-19-18(9-14)12-22-24-19/h3-6,9,11-12H,7-8,10,13H2,1-2H3,(H,22,24). The van der Waals surface area contributed by atoms with Crippen molar-refractivity contribution in [3.63, 3.8) is 0 Å². The first-order chi connectivity index (χ1) is 13.2. The zero-order valence-electron chi connectivity index (χ0n) is 15.6. The average molecular weight is 358 g/mol. The molecule has 0 radical (unpaired) electrons. The Hall–Kier alpha value is -2.99. The van der Waals surface area contributed by atoms with Gasteiger partial charge >= 0.3 is 0 Å². The van der Waals surface area contributed by atoms with E-state index in [1.54, 1.807) is 0 Å². The molecule has 6 heteroatoms. The molecular weight excluding hydrogens is 336 g/mol. The second kappa shape index (κ2) is 6.32. The minimum atomic E-state index is 0.750. The van der Waals surface area contributed by atoms with Gasteiger partial charge in [-0.3, -0.25) is 9.78 Å². The van der Waals surface area contributed by atoms with Crippen LogP contribution in [0.2, 0.25) is 0 Å². The van der Waals surface area contributed by atoms with Crippen LogP contribution in [0.5, 0.6) is 0 Å².